The van der Waals surface area contributed by atoms with Crippen molar-refractivity contribution in [1.29, 1.82) is 0 Å². The van der Waals surface area contributed by atoms with Gasteiger partial charge in [-0.1, -0.05) is 109 Å². The number of rotatable bonds is 3. The van der Waals surface area contributed by atoms with Crippen molar-refractivity contribution in [2.24, 2.45) is 0 Å². The summed E-state index contributed by atoms with van der Waals surface area (Å²) in [6, 6.07) is 59.7. The SMILES string of the molecule is c1ccc2nc(-c3cccc4c3sc3ccccc34)c(-c3ccc(-n4c5ccc6cccc7sc8cccc9ccc4c(c98)c5c67)c4ccccc34)nc2c1. The van der Waals surface area contributed by atoms with E-state index in [0.717, 1.165) is 44.6 Å². The topological polar surface area (TPSA) is 30.7 Å². The van der Waals surface area contributed by atoms with Crippen LogP contribution in [0.15, 0.2) is 164 Å². The molecule has 0 aliphatic carbocycles. The molecular weight excluding hydrogens is 707 g/mol. The molecule has 13 rings (SSSR count). The Morgan fingerprint density at radius 3 is 1.64 bits per heavy atom. The quantitative estimate of drug-likeness (QED) is 0.181. The fourth-order valence-corrected chi connectivity index (χ4v) is 11.6. The van der Waals surface area contributed by atoms with E-state index in [4.69, 9.17) is 9.97 Å². The summed E-state index contributed by atoms with van der Waals surface area (Å²) in [5.74, 6) is 0. The van der Waals surface area contributed by atoms with Gasteiger partial charge < -0.3 is 4.57 Å². The third-order valence-electron chi connectivity index (χ3n) is 11.5. The van der Waals surface area contributed by atoms with E-state index < -0.39 is 0 Å². The van der Waals surface area contributed by atoms with E-state index in [9.17, 15) is 0 Å². The molecule has 0 amide bonds. The molecule has 0 aliphatic rings. The van der Waals surface area contributed by atoms with Crippen molar-refractivity contribution in [2.75, 3.05) is 0 Å². The van der Waals surface area contributed by atoms with E-state index in [1.54, 1.807) is 0 Å². The minimum absolute atomic E-state index is 0.887. The molecule has 0 aliphatic heterocycles. The van der Waals surface area contributed by atoms with E-state index in [1.807, 2.05) is 34.8 Å². The van der Waals surface area contributed by atoms with Crippen LogP contribution in [0.5, 0.6) is 0 Å². The molecule has 0 unspecified atom stereocenters. The molecule has 0 bridgehead atoms. The minimum atomic E-state index is 0.887. The molecule has 4 aromatic heterocycles. The first kappa shape index (κ1) is 29.8. The molecule has 9 aromatic carbocycles. The van der Waals surface area contributed by atoms with E-state index in [-0.39, 0.29) is 0 Å². The monoisotopic (exact) mass is 733 g/mol. The van der Waals surface area contributed by atoms with Crippen molar-refractivity contribution in [2.45, 2.75) is 0 Å². The van der Waals surface area contributed by atoms with Gasteiger partial charge in [0, 0.05) is 67.6 Å². The van der Waals surface area contributed by atoms with Gasteiger partial charge in [0.1, 0.15) is 0 Å². The van der Waals surface area contributed by atoms with E-state index in [1.165, 1.54) is 78.3 Å². The second-order valence-electron chi connectivity index (χ2n) is 14.4. The average Bonchev–Trinajstić information content (AvgIpc) is 3.74. The standard InChI is InChI=1S/C50H27N3S2/c1-2-13-31-30(12-1)33(48-49(52-37-18-5-4-17-36(37)51-48)35-16-9-15-34-32-14-3-6-19-41(32)55-50(34)35)24-27-38(31)53-39-25-22-28-10-7-20-42-44(28)46(39)47-40(53)26-23-29-11-8-21-43(54-42)45(29)47/h1-27H. The molecule has 254 valence electrons. The van der Waals surface area contributed by atoms with Crippen molar-refractivity contribution in [3.05, 3.63) is 164 Å². The highest BCUT2D eigenvalue weighted by molar-refractivity contribution is 7.26. The molecule has 3 nitrogen and oxygen atoms in total. The zero-order valence-corrected chi connectivity index (χ0v) is 30.9. The lowest BCUT2D eigenvalue weighted by molar-refractivity contribution is 1.20. The lowest BCUT2D eigenvalue weighted by Gasteiger charge is -2.17. The van der Waals surface area contributed by atoms with Gasteiger partial charge >= 0.3 is 0 Å². The first-order chi connectivity index (χ1) is 27.3. The van der Waals surface area contributed by atoms with Crippen LogP contribution in [0.1, 0.15) is 0 Å². The van der Waals surface area contributed by atoms with Crippen molar-refractivity contribution in [3.63, 3.8) is 0 Å². The van der Waals surface area contributed by atoms with Gasteiger partial charge in [0.25, 0.3) is 0 Å². The Morgan fingerprint density at radius 1 is 0.364 bits per heavy atom. The van der Waals surface area contributed by atoms with Crippen LogP contribution in [-0.2, 0) is 0 Å². The lowest BCUT2D eigenvalue weighted by atomic mass is 9.96. The summed E-state index contributed by atoms with van der Waals surface area (Å²) in [6.45, 7) is 0. The normalized spacial score (nSPS) is 12.4. The molecule has 0 radical (unpaired) electrons. The van der Waals surface area contributed by atoms with Crippen LogP contribution in [0.4, 0.5) is 0 Å². The molecule has 0 saturated carbocycles. The van der Waals surface area contributed by atoms with Gasteiger partial charge in [-0.3, -0.25) is 0 Å². The number of para-hydroxylation sites is 2. The number of hydrogen-bond donors (Lipinski definition) is 0. The van der Waals surface area contributed by atoms with Crippen molar-refractivity contribution in [1.82, 2.24) is 14.5 Å². The molecule has 55 heavy (non-hydrogen) atoms. The van der Waals surface area contributed by atoms with Crippen molar-refractivity contribution < 1.29 is 0 Å². The van der Waals surface area contributed by atoms with E-state index in [2.05, 4.69) is 156 Å². The highest BCUT2D eigenvalue weighted by Gasteiger charge is 2.24. The molecule has 0 N–H and O–H groups in total. The van der Waals surface area contributed by atoms with Crippen LogP contribution in [-0.4, -0.2) is 14.5 Å². The number of thiophene rings is 1. The van der Waals surface area contributed by atoms with Crippen LogP contribution in [0.25, 0.3) is 123 Å². The molecule has 0 atom stereocenters. The number of benzene rings is 9. The van der Waals surface area contributed by atoms with Crippen LogP contribution in [0, 0.1) is 0 Å². The van der Waals surface area contributed by atoms with Gasteiger partial charge in [0.2, 0.25) is 0 Å². The maximum Gasteiger partial charge on any atom is 0.0987 e. The molecule has 13 aromatic rings. The Kier molecular flexibility index (Phi) is 5.93. The molecule has 0 spiro atoms. The molecule has 5 heteroatoms. The smallest absolute Gasteiger partial charge is 0.0987 e. The minimum Gasteiger partial charge on any atom is -0.309 e. The van der Waals surface area contributed by atoms with Gasteiger partial charge in [0.15, 0.2) is 0 Å². The van der Waals surface area contributed by atoms with Crippen LogP contribution >= 0.6 is 22.7 Å². The van der Waals surface area contributed by atoms with Crippen molar-refractivity contribution in [3.8, 4) is 28.2 Å². The van der Waals surface area contributed by atoms with Crippen LogP contribution in [0.3, 0.4) is 0 Å². The third-order valence-corrected chi connectivity index (χ3v) is 13.9. The molecule has 0 saturated heterocycles. The average molecular weight is 734 g/mol. The van der Waals surface area contributed by atoms with Gasteiger partial charge in [-0.2, -0.15) is 0 Å². The summed E-state index contributed by atoms with van der Waals surface area (Å²) in [5.41, 5.74) is 9.37. The summed E-state index contributed by atoms with van der Waals surface area (Å²) in [6.07, 6.45) is 0. The maximum atomic E-state index is 5.44. The second-order valence-corrected chi connectivity index (χ2v) is 16.6. The Hall–Kier alpha value is -6.66. The highest BCUT2D eigenvalue weighted by Crippen LogP contribution is 2.48. The molecule has 0 fully saturated rings. The largest absolute Gasteiger partial charge is 0.309 e. The zero-order chi connectivity index (χ0) is 35.8. The third kappa shape index (κ3) is 4.03. The van der Waals surface area contributed by atoms with Gasteiger partial charge in [0.05, 0.1) is 39.1 Å². The fraction of sp³-hybridized carbons (Fsp3) is 0. The summed E-state index contributed by atoms with van der Waals surface area (Å²) >= 11 is 3.73. The Balaban J connectivity index is 1.13. The van der Waals surface area contributed by atoms with E-state index >= 15 is 0 Å². The van der Waals surface area contributed by atoms with Gasteiger partial charge in [-0.15, -0.1) is 22.7 Å². The second kappa shape index (κ2) is 11.0. The first-order valence-corrected chi connectivity index (χ1v) is 20.2. The zero-order valence-electron chi connectivity index (χ0n) is 29.2. The number of fused-ring (bicyclic) bond motifs is 5. The molecule has 4 heterocycles. The number of aromatic nitrogens is 3. The van der Waals surface area contributed by atoms with Gasteiger partial charge in [-0.05, 0) is 70.8 Å². The first-order valence-electron chi connectivity index (χ1n) is 18.6. The van der Waals surface area contributed by atoms with Crippen molar-refractivity contribution >= 4 is 117 Å². The summed E-state index contributed by atoms with van der Waals surface area (Å²) in [4.78, 5) is 10.9. The van der Waals surface area contributed by atoms with Crippen LogP contribution in [0.2, 0.25) is 0 Å². The Labute approximate surface area is 322 Å². The lowest BCUT2D eigenvalue weighted by Crippen LogP contribution is -1.99. The fourth-order valence-electron chi connectivity index (χ4n) is 9.22. The summed E-state index contributed by atoms with van der Waals surface area (Å²) in [5, 5.41) is 12.7. The number of hydrogen-bond acceptors (Lipinski definition) is 4. The van der Waals surface area contributed by atoms with Gasteiger partial charge in [-0.25, -0.2) is 9.97 Å². The highest BCUT2D eigenvalue weighted by atomic mass is 32.1. The maximum absolute atomic E-state index is 5.44. The predicted octanol–water partition coefficient (Wildman–Crippen LogP) is 14.5. The van der Waals surface area contributed by atoms with Crippen LogP contribution < -0.4 is 0 Å². The summed E-state index contributed by atoms with van der Waals surface area (Å²) < 4.78 is 7.63. The summed E-state index contributed by atoms with van der Waals surface area (Å²) in [7, 11) is 0. The Bertz CT molecular complexity index is 3630. The molecular formula is C50H27N3S2. The number of nitrogens with zero attached hydrogens (tertiary/aromatic N) is 3. The Morgan fingerprint density at radius 2 is 0.927 bits per heavy atom. The predicted molar refractivity (Wildman–Crippen MR) is 237 cm³/mol. The van der Waals surface area contributed by atoms with E-state index in [0.29, 0.717) is 0 Å².